The summed E-state index contributed by atoms with van der Waals surface area (Å²) in [6.07, 6.45) is -0.378. The molecule has 0 saturated carbocycles. The van der Waals surface area contributed by atoms with Gasteiger partial charge in [0.15, 0.2) is 5.72 Å². The van der Waals surface area contributed by atoms with E-state index in [-0.39, 0.29) is 6.42 Å². The fourth-order valence-electron chi connectivity index (χ4n) is 2.15. The van der Waals surface area contributed by atoms with Crippen LogP contribution in [0.2, 0.25) is 0 Å². The first-order valence-corrected chi connectivity index (χ1v) is 6.57. The van der Waals surface area contributed by atoms with Crippen molar-refractivity contribution >= 4 is 11.8 Å². The van der Waals surface area contributed by atoms with E-state index < -0.39 is 17.4 Å². The fraction of sp³-hybridized carbons (Fsp3) is 0.467. The first kappa shape index (κ1) is 14.5. The molecule has 5 heteroatoms. The average Bonchev–Trinajstić information content (AvgIpc) is 2.65. The SMILES string of the molecule is CC1=NN(C(=O)OC(C)(C)C)[C@@](O)(c2ccccc2)C1. The summed E-state index contributed by atoms with van der Waals surface area (Å²) in [4.78, 5) is 12.2. The summed E-state index contributed by atoms with van der Waals surface area (Å²) in [5.74, 6) is 0. The number of carbonyl (C=O) groups is 1. The van der Waals surface area contributed by atoms with E-state index in [1.165, 1.54) is 0 Å². The van der Waals surface area contributed by atoms with Gasteiger partial charge in [-0.05, 0) is 27.7 Å². The van der Waals surface area contributed by atoms with Gasteiger partial charge in [0.05, 0.1) is 0 Å². The van der Waals surface area contributed by atoms with Gasteiger partial charge < -0.3 is 9.84 Å². The molecule has 108 valence electrons. The molecule has 2 rings (SSSR count). The number of hydrazone groups is 1. The fourth-order valence-corrected chi connectivity index (χ4v) is 2.15. The average molecular weight is 276 g/mol. The molecule has 0 saturated heterocycles. The quantitative estimate of drug-likeness (QED) is 0.858. The van der Waals surface area contributed by atoms with Crippen LogP contribution in [-0.2, 0) is 10.5 Å². The zero-order valence-corrected chi connectivity index (χ0v) is 12.3. The van der Waals surface area contributed by atoms with Crippen molar-refractivity contribution in [3.8, 4) is 0 Å². The number of ether oxygens (including phenoxy) is 1. The summed E-state index contributed by atoms with van der Waals surface area (Å²) in [6, 6.07) is 9.02. The number of aliphatic hydroxyl groups is 1. The molecule has 1 atom stereocenters. The highest BCUT2D eigenvalue weighted by atomic mass is 16.6. The van der Waals surface area contributed by atoms with E-state index in [1.54, 1.807) is 39.8 Å². The first-order valence-electron chi connectivity index (χ1n) is 6.57. The predicted molar refractivity (Wildman–Crippen MR) is 76.1 cm³/mol. The van der Waals surface area contributed by atoms with Gasteiger partial charge >= 0.3 is 6.09 Å². The Labute approximate surface area is 118 Å². The lowest BCUT2D eigenvalue weighted by Gasteiger charge is -2.32. The van der Waals surface area contributed by atoms with Gasteiger partial charge in [0, 0.05) is 17.7 Å². The van der Waals surface area contributed by atoms with Crippen LogP contribution in [0.5, 0.6) is 0 Å². The van der Waals surface area contributed by atoms with Crippen LogP contribution in [0.3, 0.4) is 0 Å². The zero-order chi connectivity index (χ0) is 15.0. The third-order valence-corrected chi connectivity index (χ3v) is 2.93. The summed E-state index contributed by atoms with van der Waals surface area (Å²) in [5.41, 5.74) is -0.817. The minimum Gasteiger partial charge on any atom is -0.442 e. The lowest BCUT2D eigenvalue weighted by Crippen LogP contribution is -2.45. The number of carbonyl (C=O) groups excluding carboxylic acids is 1. The highest BCUT2D eigenvalue weighted by Crippen LogP contribution is 2.36. The predicted octanol–water partition coefficient (Wildman–Crippen LogP) is 2.85. The Hall–Kier alpha value is -1.88. The third kappa shape index (κ3) is 2.82. The minimum atomic E-state index is -1.48. The van der Waals surface area contributed by atoms with Crippen molar-refractivity contribution in [2.24, 2.45) is 5.10 Å². The summed E-state index contributed by atoms with van der Waals surface area (Å²) in [5, 5.41) is 16.0. The topological polar surface area (TPSA) is 62.1 Å². The van der Waals surface area contributed by atoms with Crippen molar-refractivity contribution in [2.75, 3.05) is 0 Å². The Morgan fingerprint density at radius 2 is 1.95 bits per heavy atom. The number of hydrogen-bond acceptors (Lipinski definition) is 4. The van der Waals surface area contributed by atoms with Crippen LogP contribution >= 0.6 is 0 Å². The van der Waals surface area contributed by atoms with E-state index in [0.717, 1.165) is 5.01 Å². The molecule has 0 fully saturated rings. The maximum Gasteiger partial charge on any atom is 0.433 e. The van der Waals surface area contributed by atoms with Crippen LogP contribution in [0.4, 0.5) is 4.79 Å². The van der Waals surface area contributed by atoms with Crippen LogP contribution in [0.15, 0.2) is 35.4 Å². The minimum absolute atomic E-state index is 0.274. The smallest absolute Gasteiger partial charge is 0.433 e. The third-order valence-electron chi connectivity index (χ3n) is 2.93. The lowest BCUT2D eigenvalue weighted by atomic mass is 9.98. The molecule has 0 aromatic heterocycles. The lowest BCUT2D eigenvalue weighted by molar-refractivity contribution is -0.0975. The Bertz CT molecular complexity index is 534. The molecule has 1 aromatic rings. The number of hydrogen-bond donors (Lipinski definition) is 1. The second-order valence-corrected chi connectivity index (χ2v) is 5.99. The van der Waals surface area contributed by atoms with Crippen molar-refractivity contribution in [3.63, 3.8) is 0 Å². The van der Waals surface area contributed by atoms with E-state index in [2.05, 4.69) is 5.10 Å². The molecular weight excluding hydrogens is 256 g/mol. The number of nitrogens with zero attached hydrogens (tertiary/aromatic N) is 2. The molecule has 1 heterocycles. The van der Waals surface area contributed by atoms with E-state index in [4.69, 9.17) is 4.74 Å². The molecule has 0 spiro atoms. The Balaban J connectivity index is 2.32. The molecule has 0 radical (unpaired) electrons. The van der Waals surface area contributed by atoms with Crippen molar-refractivity contribution < 1.29 is 14.6 Å². The van der Waals surface area contributed by atoms with Crippen LogP contribution < -0.4 is 0 Å². The van der Waals surface area contributed by atoms with Gasteiger partial charge in [-0.15, -0.1) is 0 Å². The zero-order valence-electron chi connectivity index (χ0n) is 12.3. The second-order valence-electron chi connectivity index (χ2n) is 5.99. The maximum absolute atomic E-state index is 12.2. The van der Waals surface area contributed by atoms with E-state index in [1.807, 2.05) is 18.2 Å². The van der Waals surface area contributed by atoms with Gasteiger partial charge in [0.25, 0.3) is 0 Å². The van der Waals surface area contributed by atoms with Gasteiger partial charge in [-0.2, -0.15) is 10.1 Å². The summed E-state index contributed by atoms with van der Waals surface area (Å²) >= 11 is 0. The van der Waals surface area contributed by atoms with Crippen LogP contribution in [-0.4, -0.2) is 27.5 Å². The summed E-state index contributed by atoms with van der Waals surface area (Å²) < 4.78 is 5.31. The highest BCUT2D eigenvalue weighted by Gasteiger charge is 2.46. The van der Waals surface area contributed by atoms with Crippen LogP contribution in [0.25, 0.3) is 0 Å². The van der Waals surface area contributed by atoms with Crippen molar-refractivity contribution in [1.82, 2.24) is 5.01 Å². The molecule has 1 N–H and O–H groups in total. The molecule has 1 aliphatic heterocycles. The van der Waals surface area contributed by atoms with Gasteiger partial charge in [0.1, 0.15) is 5.60 Å². The molecule has 1 aliphatic rings. The van der Waals surface area contributed by atoms with Crippen molar-refractivity contribution in [3.05, 3.63) is 35.9 Å². The normalized spacial score (nSPS) is 22.6. The van der Waals surface area contributed by atoms with Crippen molar-refractivity contribution in [2.45, 2.75) is 45.4 Å². The molecule has 0 aliphatic carbocycles. The molecule has 20 heavy (non-hydrogen) atoms. The monoisotopic (exact) mass is 276 g/mol. The standard InChI is InChI=1S/C15H20N2O3/c1-11-10-15(19,12-8-6-5-7-9-12)17(16-11)13(18)20-14(2,3)4/h5-9,19H,10H2,1-4H3/t15-/m0/s1. The number of benzene rings is 1. The molecule has 1 amide bonds. The Morgan fingerprint density at radius 1 is 1.35 bits per heavy atom. The highest BCUT2D eigenvalue weighted by molar-refractivity contribution is 5.87. The van der Waals surface area contributed by atoms with E-state index in [0.29, 0.717) is 11.3 Å². The summed E-state index contributed by atoms with van der Waals surface area (Å²) in [6.45, 7) is 7.11. The van der Waals surface area contributed by atoms with Crippen LogP contribution in [0.1, 0.15) is 39.7 Å². The van der Waals surface area contributed by atoms with Gasteiger partial charge in [0.2, 0.25) is 0 Å². The van der Waals surface area contributed by atoms with E-state index in [9.17, 15) is 9.90 Å². The van der Waals surface area contributed by atoms with Gasteiger partial charge in [-0.1, -0.05) is 30.3 Å². The first-order chi connectivity index (χ1) is 9.22. The molecule has 0 unspecified atom stereocenters. The molecule has 1 aromatic carbocycles. The van der Waals surface area contributed by atoms with Crippen LogP contribution in [0, 0.1) is 0 Å². The molecule has 5 nitrogen and oxygen atoms in total. The van der Waals surface area contributed by atoms with E-state index >= 15 is 0 Å². The number of amides is 1. The second kappa shape index (κ2) is 4.90. The van der Waals surface area contributed by atoms with Gasteiger partial charge in [-0.25, -0.2) is 4.79 Å². The molecule has 0 bridgehead atoms. The van der Waals surface area contributed by atoms with Crippen molar-refractivity contribution in [1.29, 1.82) is 0 Å². The number of rotatable bonds is 1. The molecular formula is C15H20N2O3. The largest absolute Gasteiger partial charge is 0.442 e. The maximum atomic E-state index is 12.2. The Kier molecular flexibility index (Phi) is 3.56. The Morgan fingerprint density at radius 3 is 2.50 bits per heavy atom. The van der Waals surface area contributed by atoms with Gasteiger partial charge in [-0.3, -0.25) is 0 Å². The summed E-state index contributed by atoms with van der Waals surface area (Å²) in [7, 11) is 0.